The van der Waals surface area contributed by atoms with E-state index in [2.05, 4.69) is 15.1 Å². The van der Waals surface area contributed by atoms with Crippen molar-refractivity contribution >= 4 is 27.3 Å². The van der Waals surface area contributed by atoms with Crippen LogP contribution in [0.25, 0.3) is 0 Å². The number of anilines is 1. The van der Waals surface area contributed by atoms with E-state index in [9.17, 15) is 8.42 Å². The number of ether oxygens (including phenoxy) is 1. The summed E-state index contributed by atoms with van der Waals surface area (Å²) in [4.78, 5) is 10.2. The fraction of sp³-hybridized carbons (Fsp3) is 0.462. The Morgan fingerprint density at radius 2 is 2.04 bits per heavy atom. The molecule has 8 nitrogen and oxygen atoms in total. The molecule has 124 valence electrons. The van der Waals surface area contributed by atoms with Crippen molar-refractivity contribution in [1.29, 1.82) is 0 Å². The molecule has 3 rings (SSSR count). The van der Waals surface area contributed by atoms with Gasteiger partial charge >= 0.3 is 0 Å². The smallest absolute Gasteiger partial charge is 0.224 e. The first-order valence-electron chi connectivity index (χ1n) is 7.02. The number of nitrogens with zero attached hydrogens (tertiary/aromatic N) is 5. The summed E-state index contributed by atoms with van der Waals surface area (Å²) in [6.07, 6.45) is 1.58. The highest BCUT2D eigenvalue weighted by Crippen LogP contribution is 2.20. The van der Waals surface area contributed by atoms with Gasteiger partial charge in [-0.3, -0.25) is 4.68 Å². The molecule has 23 heavy (non-hydrogen) atoms. The molecule has 0 N–H and O–H groups in total. The third-order valence-electron chi connectivity index (χ3n) is 3.42. The topological polar surface area (TPSA) is 90.2 Å². The van der Waals surface area contributed by atoms with Crippen molar-refractivity contribution < 1.29 is 13.2 Å². The molecule has 0 bridgehead atoms. The second-order valence-electron chi connectivity index (χ2n) is 5.17. The van der Waals surface area contributed by atoms with Gasteiger partial charge in [0.15, 0.2) is 5.03 Å². The lowest BCUT2D eigenvalue weighted by Gasteiger charge is -2.27. The van der Waals surface area contributed by atoms with E-state index in [-0.39, 0.29) is 16.1 Å². The molecule has 1 aliphatic rings. The van der Waals surface area contributed by atoms with E-state index >= 15 is 0 Å². The number of hydrogen-bond acceptors (Lipinski definition) is 7. The van der Waals surface area contributed by atoms with Gasteiger partial charge in [0, 0.05) is 32.4 Å². The van der Waals surface area contributed by atoms with E-state index in [1.54, 1.807) is 19.3 Å². The van der Waals surface area contributed by atoms with Gasteiger partial charge in [0.25, 0.3) is 0 Å². The predicted molar refractivity (Wildman–Crippen MR) is 84.2 cm³/mol. The lowest BCUT2D eigenvalue weighted by Crippen LogP contribution is -2.36. The van der Waals surface area contributed by atoms with Crippen LogP contribution in [0.5, 0.6) is 0 Å². The highest BCUT2D eigenvalue weighted by atomic mass is 35.5. The van der Waals surface area contributed by atoms with Crippen LogP contribution < -0.4 is 4.90 Å². The summed E-state index contributed by atoms with van der Waals surface area (Å²) in [6, 6.07) is 3.11. The number of hydrogen-bond donors (Lipinski definition) is 0. The largest absolute Gasteiger partial charge is 0.378 e. The van der Waals surface area contributed by atoms with Crippen molar-refractivity contribution in [2.75, 3.05) is 31.2 Å². The molecule has 0 unspecified atom stereocenters. The molecule has 0 atom stereocenters. The number of sulfone groups is 1. The Kier molecular flexibility index (Phi) is 4.51. The van der Waals surface area contributed by atoms with Gasteiger partial charge in [0.2, 0.25) is 15.1 Å². The van der Waals surface area contributed by atoms with Gasteiger partial charge in [-0.25, -0.2) is 18.4 Å². The van der Waals surface area contributed by atoms with Crippen LogP contribution in [0.3, 0.4) is 0 Å². The maximum absolute atomic E-state index is 12.4. The van der Waals surface area contributed by atoms with Crippen LogP contribution in [0.4, 0.5) is 5.82 Å². The first kappa shape index (κ1) is 16.2. The normalized spacial score (nSPS) is 15.8. The third kappa shape index (κ3) is 3.80. The van der Waals surface area contributed by atoms with Gasteiger partial charge in [-0.2, -0.15) is 5.10 Å². The second kappa shape index (κ2) is 6.42. The van der Waals surface area contributed by atoms with Crippen LogP contribution in [0.1, 0.15) is 5.69 Å². The summed E-state index contributed by atoms with van der Waals surface area (Å²) in [5.41, 5.74) is 0.345. The zero-order valence-electron chi connectivity index (χ0n) is 12.5. The average Bonchev–Trinajstić information content (AvgIpc) is 2.95. The van der Waals surface area contributed by atoms with E-state index in [0.717, 1.165) is 0 Å². The van der Waals surface area contributed by atoms with Gasteiger partial charge in [-0.1, -0.05) is 0 Å². The van der Waals surface area contributed by atoms with Gasteiger partial charge in [0.05, 0.1) is 24.7 Å². The van der Waals surface area contributed by atoms with Crippen LogP contribution in [0.15, 0.2) is 23.4 Å². The molecule has 1 fully saturated rings. The van der Waals surface area contributed by atoms with Crippen molar-refractivity contribution in [1.82, 2.24) is 19.7 Å². The molecule has 0 amide bonds. The summed E-state index contributed by atoms with van der Waals surface area (Å²) in [6.45, 7) is 2.56. The van der Waals surface area contributed by atoms with Crippen molar-refractivity contribution in [2.45, 2.75) is 10.8 Å². The molecule has 0 aliphatic carbocycles. The molecule has 0 aromatic carbocycles. The molecule has 2 aromatic rings. The number of halogens is 1. The molecular formula is C13H16ClN5O3S. The van der Waals surface area contributed by atoms with Gasteiger partial charge in [0.1, 0.15) is 5.82 Å². The van der Waals surface area contributed by atoms with Gasteiger partial charge in [-0.15, -0.1) is 0 Å². The number of rotatable bonds is 4. The van der Waals surface area contributed by atoms with E-state index in [4.69, 9.17) is 16.3 Å². The lowest BCUT2D eigenvalue weighted by atomic mass is 10.3. The van der Waals surface area contributed by atoms with E-state index in [1.807, 2.05) is 4.90 Å². The Balaban J connectivity index is 1.86. The molecule has 0 radical (unpaired) electrons. The van der Waals surface area contributed by atoms with Gasteiger partial charge < -0.3 is 9.64 Å². The van der Waals surface area contributed by atoms with Crippen LogP contribution in [-0.4, -0.2) is 54.5 Å². The molecule has 1 saturated heterocycles. The Hall–Kier alpha value is -1.71. The fourth-order valence-corrected chi connectivity index (χ4v) is 3.71. The second-order valence-corrected chi connectivity index (χ2v) is 7.45. The molecule has 1 aliphatic heterocycles. The van der Waals surface area contributed by atoms with Crippen LogP contribution in [-0.2, 0) is 27.4 Å². The third-order valence-corrected chi connectivity index (χ3v) is 5.12. The average molecular weight is 358 g/mol. The van der Waals surface area contributed by atoms with E-state index < -0.39 is 9.84 Å². The number of aryl methyl sites for hydroxylation is 1. The van der Waals surface area contributed by atoms with Crippen LogP contribution in [0, 0.1) is 0 Å². The standard InChI is InChI=1S/C13H16ClN5O3S/c1-18-3-2-12(17-18)23(20,21)9-10-8-11(16-13(14)15-10)19-4-6-22-7-5-19/h2-3,8H,4-7,9H2,1H3. The van der Waals surface area contributed by atoms with Crippen molar-refractivity contribution in [2.24, 2.45) is 7.05 Å². The Labute approximate surface area is 139 Å². The minimum atomic E-state index is -3.58. The summed E-state index contributed by atoms with van der Waals surface area (Å²) < 4.78 is 31.5. The molecule has 2 aromatic heterocycles. The van der Waals surface area contributed by atoms with Crippen molar-refractivity contribution in [3.05, 3.63) is 29.3 Å². The van der Waals surface area contributed by atoms with Crippen molar-refractivity contribution in [3.8, 4) is 0 Å². The minimum absolute atomic E-state index is 0.0163. The Morgan fingerprint density at radius 3 is 2.70 bits per heavy atom. The summed E-state index contributed by atoms with van der Waals surface area (Å²) >= 11 is 5.95. The molecule has 0 spiro atoms. The van der Waals surface area contributed by atoms with Gasteiger partial charge in [-0.05, 0) is 17.7 Å². The molecule has 10 heteroatoms. The lowest BCUT2D eigenvalue weighted by molar-refractivity contribution is 0.122. The first-order chi connectivity index (χ1) is 10.9. The SMILES string of the molecule is Cn1ccc(S(=O)(=O)Cc2cc(N3CCOCC3)nc(Cl)n2)n1. The molecule has 0 saturated carbocycles. The zero-order valence-corrected chi connectivity index (χ0v) is 14.1. The highest BCUT2D eigenvalue weighted by Gasteiger charge is 2.21. The van der Waals surface area contributed by atoms with Crippen LogP contribution >= 0.6 is 11.6 Å². The zero-order chi connectivity index (χ0) is 16.4. The minimum Gasteiger partial charge on any atom is -0.378 e. The monoisotopic (exact) mass is 357 g/mol. The predicted octanol–water partition coefficient (Wildman–Crippen LogP) is 0.674. The highest BCUT2D eigenvalue weighted by molar-refractivity contribution is 7.90. The molecular weight excluding hydrogens is 342 g/mol. The van der Waals surface area contributed by atoms with Crippen molar-refractivity contribution in [3.63, 3.8) is 0 Å². The number of aromatic nitrogens is 4. The maximum Gasteiger partial charge on any atom is 0.224 e. The maximum atomic E-state index is 12.4. The Bertz CT molecular complexity index is 802. The summed E-state index contributed by atoms with van der Waals surface area (Å²) in [5, 5.41) is 3.98. The van der Waals surface area contributed by atoms with Crippen LogP contribution in [0.2, 0.25) is 5.28 Å². The summed E-state index contributed by atoms with van der Waals surface area (Å²) in [5.74, 6) is 0.336. The molecule has 3 heterocycles. The first-order valence-corrected chi connectivity index (χ1v) is 9.06. The fourth-order valence-electron chi connectivity index (χ4n) is 2.31. The number of morpholine rings is 1. The van der Waals surface area contributed by atoms with E-state index in [1.165, 1.54) is 10.7 Å². The Morgan fingerprint density at radius 1 is 1.30 bits per heavy atom. The van der Waals surface area contributed by atoms with E-state index in [0.29, 0.717) is 37.8 Å². The quantitative estimate of drug-likeness (QED) is 0.743. The summed E-state index contributed by atoms with van der Waals surface area (Å²) in [7, 11) is -1.92.